The third kappa shape index (κ3) is 6.13. The largest absolute Gasteiger partial charge is 0.497 e. The van der Waals surface area contributed by atoms with E-state index < -0.39 is 0 Å². The second-order valence-corrected chi connectivity index (χ2v) is 8.34. The molecule has 1 saturated heterocycles. The summed E-state index contributed by atoms with van der Waals surface area (Å²) in [6.45, 7) is 5.19. The van der Waals surface area contributed by atoms with E-state index in [9.17, 15) is 4.79 Å². The van der Waals surface area contributed by atoms with Gasteiger partial charge in [-0.15, -0.1) is 0 Å². The molecule has 0 bridgehead atoms. The molecule has 1 atom stereocenters. The van der Waals surface area contributed by atoms with E-state index in [2.05, 4.69) is 4.90 Å². The summed E-state index contributed by atoms with van der Waals surface area (Å²) in [5.74, 6) is 2.77. The van der Waals surface area contributed by atoms with Gasteiger partial charge in [0.1, 0.15) is 11.9 Å². The number of hydrogen-bond acceptors (Lipinski definition) is 6. The van der Waals surface area contributed by atoms with Crippen LogP contribution in [0.3, 0.4) is 0 Å². The Morgan fingerprint density at radius 2 is 1.96 bits per heavy atom. The molecule has 1 aromatic carbocycles. The molecule has 2 aliphatic rings. The SMILES string of the molecule is COc1ccc2c(c1)C(CCSCCCCCCN1CCOCC1)OC2=O. The smallest absolute Gasteiger partial charge is 0.339 e. The number of rotatable bonds is 11. The molecule has 0 aliphatic carbocycles. The van der Waals surface area contributed by atoms with Crippen LogP contribution in [-0.4, -0.2) is 62.3 Å². The average molecular weight is 394 g/mol. The summed E-state index contributed by atoms with van der Waals surface area (Å²) in [5.41, 5.74) is 1.66. The summed E-state index contributed by atoms with van der Waals surface area (Å²) >= 11 is 1.96. The Morgan fingerprint density at radius 3 is 2.78 bits per heavy atom. The van der Waals surface area contributed by atoms with E-state index in [1.165, 1.54) is 38.0 Å². The second-order valence-electron chi connectivity index (χ2n) is 7.12. The molecule has 2 aliphatic heterocycles. The molecule has 0 amide bonds. The van der Waals surface area contributed by atoms with Crippen LogP contribution < -0.4 is 4.74 Å². The summed E-state index contributed by atoms with van der Waals surface area (Å²) in [4.78, 5) is 14.5. The monoisotopic (exact) mass is 393 g/mol. The Morgan fingerprint density at radius 1 is 1.15 bits per heavy atom. The highest BCUT2D eigenvalue weighted by Gasteiger charge is 2.30. The maximum absolute atomic E-state index is 11.9. The summed E-state index contributed by atoms with van der Waals surface area (Å²) in [5, 5.41) is 0. The predicted molar refractivity (Wildman–Crippen MR) is 109 cm³/mol. The molecular weight excluding hydrogens is 362 g/mol. The number of esters is 1. The van der Waals surface area contributed by atoms with Crippen molar-refractivity contribution in [2.45, 2.75) is 38.2 Å². The molecule has 3 rings (SSSR count). The highest BCUT2D eigenvalue weighted by Crippen LogP contribution is 2.36. The Bertz CT molecular complexity index is 604. The molecule has 0 N–H and O–H groups in total. The van der Waals surface area contributed by atoms with Gasteiger partial charge in [0, 0.05) is 18.7 Å². The van der Waals surface area contributed by atoms with Crippen LogP contribution in [0.15, 0.2) is 18.2 Å². The van der Waals surface area contributed by atoms with E-state index in [0.29, 0.717) is 5.56 Å². The summed E-state index contributed by atoms with van der Waals surface area (Å²) in [7, 11) is 1.64. The highest BCUT2D eigenvalue weighted by molar-refractivity contribution is 7.99. The number of morpholine rings is 1. The van der Waals surface area contributed by atoms with Crippen molar-refractivity contribution in [3.05, 3.63) is 29.3 Å². The molecule has 1 unspecified atom stereocenters. The number of cyclic esters (lactones) is 1. The van der Waals surface area contributed by atoms with Crippen LogP contribution in [0.1, 0.15) is 54.1 Å². The third-order valence-corrected chi connectivity index (χ3v) is 6.32. The number of benzene rings is 1. The van der Waals surface area contributed by atoms with Crippen molar-refractivity contribution in [3.8, 4) is 5.75 Å². The molecule has 0 spiro atoms. The van der Waals surface area contributed by atoms with Crippen molar-refractivity contribution in [2.75, 3.05) is 51.5 Å². The molecule has 5 nitrogen and oxygen atoms in total. The first-order valence-electron chi connectivity index (χ1n) is 10.0. The number of thioether (sulfide) groups is 1. The van der Waals surface area contributed by atoms with Gasteiger partial charge in [-0.2, -0.15) is 11.8 Å². The lowest BCUT2D eigenvalue weighted by atomic mass is 10.0. The van der Waals surface area contributed by atoms with Crippen LogP contribution in [0.2, 0.25) is 0 Å². The van der Waals surface area contributed by atoms with Gasteiger partial charge >= 0.3 is 5.97 Å². The van der Waals surface area contributed by atoms with Gasteiger partial charge in [0.25, 0.3) is 0 Å². The minimum atomic E-state index is -0.206. The van der Waals surface area contributed by atoms with E-state index in [1.807, 2.05) is 23.9 Å². The van der Waals surface area contributed by atoms with Crippen LogP contribution in [0.25, 0.3) is 0 Å². The molecule has 1 aromatic rings. The standard InChI is InChI=1S/C21H31NO4S/c1-24-17-6-7-18-19(16-17)20(26-21(18)23)8-15-27-14-5-3-2-4-9-22-10-12-25-13-11-22/h6-7,16,20H,2-5,8-15H2,1H3. The van der Waals surface area contributed by atoms with Crippen LogP contribution in [-0.2, 0) is 9.47 Å². The fourth-order valence-corrected chi connectivity index (χ4v) is 4.59. The van der Waals surface area contributed by atoms with Crippen molar-refractivity contribution in [2.24, 2.45) is 0 Å². The number of nitrogens with zero attached hydrogens (tertiary/aromatic N) is 1. The predicted octanol–water partition coefficient (Wildman–Crippen LogP) is 3.92. The highest BCUT2D eigenvalue weighted by atomic mass is 32.2. The fourth-order valence-electron chi connectivity index (χ4n) is 3.60. The minimum Gasteiger partial charge on any atom is -0.497 e. The van der Waals surface area contributed by atoms with Crippen molar-refractivity contribution in [3.63, 3.8) is 0 Å². The normalized spacial score (nSPS) is 19.7. The molecule has 150 valence electrons. The number of fused-ring (bicyclic) bond motifs is 1. The molecule has 27 heavy (non-hydrogen) atoms. The van der Waals surface area contributed by atoms with Crippen molar-refractivity contribution in [1.82, 2.24) is 4.90 Å². The number of ether oxygens (including phenoxy) is 3. The molecule has 6 heteroatoms. The zero-order valence-electron chi connectivity index (χ0n) is 16.3. The van der Waals surface area contributed by atoms with Crippen molar-refractivity contribution < 1.29 is 19.0 Å². The lowest BCUT2D eigenvalue weighted by molar-refractivity contribution is 0.0371. The van der Waals surface area contributed by atoms with Gasteiger partial charge in [-0.25, -0.2) is 4.79 Å². The summed E-state index contributed by atoms with van der Waals surface area (Å²) < 4.78 is 16.2. The first kappa shape index (κ1) is 20.5. The second kappa shape index (κ2) is 10.9. The zero-order valence-corrected chi connectivity index (χ0v) is 17.1. The van der Waals surface area contributed by atoms with E-state index in [4.69, 9.17) is 14.2 Å². The lowest BCUT2D eigenvalue weighted by Gasteiger charge is -2.26. The topological polar surface area (TPSA) is 48.0 Å². The van der Waals surface area contributed by atoms with Gasteiger partial charge in [-0.3, -0.25) is 4.90 Å². The number of methoxy groups -OCH3 is 1. The maximum atomic E-state index is 11.9. The van der Waals surface area contributed by atoms with Crippen molar-refractivity contribution in [1.29, 1.82) is 0 Å². The van der Waals surface area contributed by atoms with Crippen LogP contribution >= 0.6 is 11.8 Å². The Hall–Kier alpha value is -1.24. The number of hydrogen-bond donors (Lipinski definition) is 0. The van der Waals surface area contributed by atoms with Crippen molar-refractivity contribution >= 4 is 17.7 Å². The summed E-state index contributed by atoms with van der Waals surface area (Å²) in [6, 6.07) is 5.56. The van der Waals surface area contributed by atoms with Gasteiger partial charge < -0.3 is 14.2 Å². The molecule has 0 aromatic heterocycles. The molecular formula is C21H31NO4S. The fraction of sp³-hybridized carbons (Fsp3) is 0.667. The van der Waals surface area contributed by atoms with Gasteiger partial charge in [0.15, 0.2) is 0 Å². The molecule has 0 radical (unpaired) electrons. The Balaban J connectivity index is 1.24. The molecule has 0 saturated carbocycles. The molecule has 1 fully saturated rings. The Labute approximate surface area is 166 Å². The minimum absolute atomic E-state index is 0.122. The van der Waals surface area contributed by atoms with Gasteiger partial charge in [-0.05, 0) is 55.5 Å². The van der Waals surface area contributed by atoms with E-state index >= 15 is 0 Å². The molecule has 2 heterocycles. The maximum Gasteiger partial charge on any atom is 0.339 e. The van der Waals surface area contributed by atoms with Gasteiger partial charge in [-0.1, -0.05) is 12.8 Å². The van der Waals surface area contributed by atoms with Crippen LogP contribution in [0, 0.1) is 0 Å². The zero-order chi connectivity index (χ0) is 18.9. The number of unbranched alkanes of at least 4 members (excludes halogenated alkanes) is 3. The van der Waals surface area contributed by atoms with E-state index in [0.717, 1.165) is 49.8 Å². The first-order valence-corrected chi connectivity index (χ1v) is 11.2. The first-order chi connectivity index (χ1) is 13.3. The van der Waals surface area contributed by atoms with Crippen LogP contribution in [0.4, 0.5) is 0 Å². The number of carbonyl (C=O) groups excluding carboxylic acids is 1. The number of carbonyl (C=O) groups is 1. The quantitative estimate of drug-likeness (QED) is 0.419. The van der Waals surface area contributed by atoms with Gasteiger partial charge in [0.2, 0.25) is 0 Å². The third-order valence-electron chi connectivity index (χ3n) is 5.22. The Kier molecular flexibility index (Phi) is 8.30. The van der Waals surface area contributed by atoms with E-state index in [1.54, 1.807) is 13.2 Å². The van der Waals surface area contributed by atoms with Crippen LogP contribution in [0.5, 0.6) is 5.75 Å². The lowest BCUT2D eigenvalue weighted by Crippen LogP contribution is -2.36. The van der Waals surface area contributed by atoms with Gasteiger partial charge in [0.05, 0.1) is 25.9 Å². The average Bonchev–Trinajstić information content (AvgIpc) is 3.02. The summed E-state index contributed by atoms with van der Waals surface area (Å²) in [6.07, 6.45) is 5.92. The van der Waals surface area contributed by atoms with E-state index in [-0.39, 0.29) is 12.1 Å².